The molecule has 2 atom stereocenters. The van der Waals surface area contributed by atoms with Crippen molar-refractivity contribution in [1.29, 1.82) is 0 Å². The highest BCUT2D eigenvalue weighted by atomic mass is 32.2. The minimum absolute atomic E-state index is 0.421. The summed E-state index contributed by atoms with van der Waals surface area (Å²) in [5.74, 6) is 1.33. The maximum absolute atomic E-state index is 6.06. The maximum atomic E-state index is 6.06. The third-order valence-electron chi connectivity index (χ3n) is 5.53. The number of thioether (sulfide) groups is 1. The monoisotopic (exact) mass is 400 g/mol. The first-order valence-electron chi connectivity index (χ1n) is 12.5. The van der Waals surface area contributed by atoms with Gasteiger partial charge in [-0.3, -0.25) is 0 Å². The van der Waals surface area contributed by atoms with Crippen LogP contribution in [0.15, 0.2) is 0 Å². The van der Waals surface area contributed by atoms with Crippen LogP contribution in [0.4, 0.5) is 0 Å². The van der Waals surface area contributed by atoms with Crippen molar-refractivity contribution in [1.82, 2.24) is 0 Å². The molecular weight excluding hydrogens is 348 g/mol. The van der Waals surface area contributed by atoms with Crippen LogP contribution in [0.3, 0.4) is 0 Å². The van der Waals surface area contributed by atoms with Crippen LogP contribution in [0.5, 0.6) is 0 Å². The van der Waals surface area contributed by atoms with Gasteiger partial charge in [-0.15, -0.1) is 0 Å². The van der Waals surface area contributed by atoms with Gasteiger partial charge in [0.2, 0.25) is 0 Å². The van der Waals surface area contributed by atoms with Crippen LogP contribution in [-0.4, -0.2) is 23.7 Å². The number of hydrogen-bond acceptors (Lipinski definition) is 2. The van der Waals surface area contributed by atoms with Gasteiger partial charge in [-0.2, -0.15) is 11.8 Å². The first-order valence-corrected chi connectivity index (χ1v) is 13.5. The van der Waals surface area contributed by atoms with Crippen LogP contribution < -0.4 is 0 Å². The van der Waals surface area contributed by atoms with Crippen molar-refractivity contribution in [2.24, 2.45) is 0 Å². The number of hydrogen-bond donors (Lipinski definition) is 0. The third-order valence-corrected chi connectivity index (χ3v) is 7.10. The standard InChI is InChI=1S/C25H52OS/c1-5-8-10-12-13-14-15-16-18-20-23-27-25(24(4)26-22-7-3)21-19-17-11-9-6-2/h24-25H,5-23H2,1-4H3. The molecule has 0 saturated heterocycles. The van der Waals surface area contributed by atoms with Crippen molar-refractivity contribution >= 4 is 11.8 Å². The van der Waals surface area contributed by atoms with Gasteiger partial charge in [0.05, 0.1) is 6.10 Å². The van der Waals surface area contributed by atoms with Crippen LogP contribution in [-0.2, 0) is 4.74 Å². The molecule has 0 aliphatic heterocycles. The lowest BCUT2D eigenvalue weighted by Crippen LogP contribution is -2.24. The molecule has 0 aliphatic rings. The van der Waals surface area contributed by atoms with Gasteiger partial charge in [0, 0.05) is 11.9 Å². The van der Waals surface area contributed by atoms with Crippen molar-refractivity contribution in [3.63, 3.8) is 0 Å². The second-order valence-corrected chi connectivity index (χ2v) is 9.72. The molecule has 0 aromatic heterocycles. The van der Waals surface area contributed by atoms with E-state index in [1.165, 1.54) is 108 Å². The normalized spacial score (nSPS) is 13.8. The molecule has 2 heteroatoms. The van der Waals surface area contributed by atoms with E-state index in [0.29, 0.717) is 11.4 Å². The van der Waals surface area contributed by atoms with Crippen molar-refractivity contribution in [3.8, 4) is 0 Å². The van der Waals surface area contributed by atoms with Crippen LogP contribution >= 0.6 is 11.8 Å². The molecular formula is C25H52OS. The van der Waals surface area contributed by atoms with Gasteiger partial charge >= 0.3 is 0 Å². The summed E-state index contributed by atoms with van der Waals surface area (Å²) >= 11 is 2.20. The maximum Gasteiger partial charge on any atom is 0.0665 e. The summed E-state index contributed by atoms with van der Waals surface area (Å²) in [6.07, 6.45) is 24.2. The van der Waals surface area contributed by atoms with E-state index in [9.17, 15) is 0 Å². The fourth-order valence-corrected chi connectivity index (χ4v) is 4.99. The summed E-state index contributed by atoms with van der Waals surface area (Å²) in [6, 6.07) is 0. The molecule has 27 heavy (non-hydrogen) atoms. The molecule has 0 bridgehead atoms. The predicted molar refractivity (Wildman–Crippen MR) is 127 cm³/mol. The summed E-state index contributed by atoms with van der Waals surface area (Å²) in [6.45, 7) is 10.0. The summed E-state index contributed by atoms with van der Waals surface area (Å²) in [4.78, 5) is 0. The zero-order valence-electron chi connectivity index (χ0n) is 19.4. The Morgan fingerprint density at radius 2 is 1.07 bits per heavy atom. The highest BCUT2D eigenvalue weighted by Crippen LogP contribution is 2.25. The van der Waals surface area contributed by atoms with E-state index in [2.05, 4.69) is 39.5 Å². The van der Waals surface area contributed by atoms with Crippen LogP contribution in [0.1, 0.15) is 137 Å². The molecule has 164 valence electrons. The van der Waals surface area contributed by atoms with Crippen LogP contribution in [0.2, 0.25) is 0 Å². The molecule has 0 spiro atoms. The molecule has 0 aliphatic carbocycles. The minimum atomic E-state index is 0.421. The van der Waals surface area contributed by atoms with E-state index in [1.54, 1.807) is 0 Å². The average molecular weight is 401 g/mol. The smallest absolute Gasteiger partial charge is 0.0665 e. The minimum Gasteiger partial charge on any atom is -0.377 e. The first-order chi connectivity index (χ1) is 13.3. The zero-order chi connectivity index (χ0) is 20.0. The average Bonchev–Trinajstić information content (AvgIpc) is 2.68. The van der Waals surface area contributed by atoms with E-state index in [4.69, 9.17) is 4.74 Å². The Morgan fingerprint density at radius 3 is 1.59 bits per heavy atom. The lowest BCUT2D eigenvalue weighted by molar-refractivity contribution is 0.0631. The molecule has 0 saturated carbocycles. The molecule has 0 fully saturated rings. The summed E-state index contributed by atoms with van der Waals surface area (Å²) in [5, 5.41) is 0.705. The second kappa shape index (κ2) is 22.6. The quantitative estimate of drug-likeness (QED) is 0.167. The lowest BCUT2D eigenvalue weighted by atomic mass is 10.1. The summed E-state index contributed by atoms with van der Waals surface area (Å²) in [5.41, 5.74) is 0. The molecule has 0 N–H and O–H groups in total. The summed E-state index contributed by atoms with van der Waals surface area (Å²) < 4.78 is 6.06. The molecule has 0 amide bonds. The predicted octanol–water partition coefficient (Wildman–Crippen LogP) is 9.18. The van der Waals surface area contributed by atoms with Crippen molar-refractivity contribution < 1.29 is 4.74 Å². The van der Waals surface area contributed by atoms with Crippen molar-refractivity contribution in [2.45, 2.75) is 148 Å². The molecule has 1 nitrogen and oxygen atoms in total. The SMILES string of the molecule is CCCCCCCCCCCCSC(CCCCCCC)C(C)OCCC. The van der Waals surface area contributed by atoms with E-state index in [-0.39, 0.29) is 0 Å². The zero-order valence-corrected chi connectivity index (χ0v) is 20.2. The highest BCUT2D eigenvalue weighted by molar-refractivity contribution is 7.99. The van der Waals surface area contributed by atoms with Crippen molar-refractivity contribution in [3.05, 3.63) is 0 Å². The Kier molecular flexibility index (Phi) is 22.9. The Bertz CT molecular complexity index is 269. The van der Waals surface area contributed by atoms with E-state index < -0.39 is 0 Å². The first kappa shape index (κ1) is 27.3. The second-order valence-electron chi connectivity index (χ2n) is 8.37. The van der Waals surface area contributed by atoms with Gasteiger partial charge in [-0.1, -0.05) is 111 Å². The Morgan fingerprint density at radius 1 is 0.593 bits per heavy atom. The Labute approximate surface area is 177 Å². The van der Waals surface area contributed by atoms with Gasteiger partial charge in [0.25, 0.3) is 0 Å². The van der Waals surface area contributed by atoms with Gasteiger partial charge < -0.3 is 4.74 Å². The largest absolute Gasteiger partial charge is 0.377 e. The molecule has 0 aromatic carbocycles. The van der Waals surface area contributed by atoms with Crippen LogP contribution in [0.25, 0.3) is 0 Å². The topological polar surface area (TPSA) is 9.23 Å². The molecule has 2 unspecified atom stereocenters. The fraction of sp³-hybridized carbons (Fsp3) is 1.00. The third kappa shape index (κ3) is 19.4. The van der Waals surface area contributed by atoms with E-state index in [0.717, 1.165) is 13.0 Å². The van der Waals surface area contributed by atoms with Crippen LogP contribution in [0, 0.1) is 0 Å². The van der Waals surface area contributed by atoms with E-state index >= 15 is 0 Å². The van der Waals surface area contributed by atoms with Gasteiger partial charge in [-0.05, 0) is 31.9 Å². The van der Waals surface area contributed by atoms with Gasteiger partial charge in [0.1, 0.15) is 0 Å². The molecule has 0 heterocycles. The summed E-state index contributed by atoms with van der Waals surface area (Å²) in [7, 11) is 0. The Balaban J connectivity index is 3.74. The van der Waals surface area contributed by atoms with Gasteiger partial charge in [0.15, 0.2) is 0 Å². The highest BCUT2D eigenvalue weighted by Gasteiger charge is 2.17. The number of rotatable bonds is 22. The van der Waals surface area contributed by atoms with Crippen molar-refractivity contribution in [2.75, 3.05) is 12.4 Å². The number of unbranched alkanes of at least 4 members (excludes halogenated alkanes) is 13. The fourth-order valence-electron chi connectivity index (χ4n) is 3.64. The Hall–Kier alpha value is 0.310. The number of ether oxygens (including phenoxy) is 1. The molecule has 0 radical (unpaired) electrons. The molecule has 0 rings (SSSR count). The lowest BCUT2D eigenvalue weighted by Gasteiger charge is -2.24. The molecule has 0 aromatic rings. The van der Waals surface area contributed by atoms with Gasteiger partial charge in [-0.25, -0.2) is 0 Å². The van der Waals surface area contributed by atoms with E-state index in [1.807, 2.05) is 0 Å².